The SMILES string of the molecule is C=C/C=C(\C#CCC)C=C. The molecule has 0 N–H and O–H groups in total. The van der Waals surface area contributed by atoms with E-state index in [2.05, 4.69) is 25.0 Å². The van der Waals surface area contributed by atoms with E-state index in [-0.39, 0.29) is 0 Å². The van der Waals surface area contributed by atoms with Gasteiger partial charge in [-0.3, -0.25) is 0 Å². The molecule has 0 unspecified atom stereocenters. The number of hydrogen-bond donors (Lipinski definition) is 0. The van der Waals surface area contributed by atoms with E-state index < -0.39 is 0 Å². The van der Waals surface area contributed by atoms with Gasteiger partial charge in [0.2, 0.25) is 0 Å². The maximum absolute atomic E-state index is 3.61. The van der Waals surface area contributed by atoms with Crippen LogP contribution in [0.4, 0.5) is 0 Å². The van der Waals surface area contributed by atoms with Gasteiger partial charge >= 0.3 is 0 Å². The Balaban J connectivity index is 4.21. The molecule has 0 aliphatic carbocycles. The molecule has 0 heteroatoms. The fourth-order valence-corrected chi connectivity index (χ4v) is 0.478. The highest BCUT2D eigenvalue weighted by atomic mass is 13.8. The Morgan fingerprint density at radius 1 is 1.50 bits per heavy atom. The van der Waals surface area contributed by atoms with E-state index in [1.807, 2.05) is 13.0 Å². The number of allylic oxidation sites excluding steroid dienone is 4. The van der Waals surface area contributed by atoms with E-state index in [1.165, 1.54) is 0 Å². The average Bonchev–Trinajstić information content (AvgIpc) is 1.98. The zero-order valence-corrected chi connectivity index (χ0v) is 6.35. The molecule has 0 aromatic rings. The van der Waals surface area contributed by atoms with Crippen LogP contribution in [0.3, 0.4) is 0 Å². The molecule has 0 radical (unpaired) electrons. The van der Waals surface area contributed by atoms with E-state index in [1.54, 1.807) is 12.2 Å². The smallest absolute Gasteiger partial charge is 0.0239 e. The Hall–Kier alpha value is -1.22. The van der Waals surface area contributed by atoms with Crippen LogP contribution in [-0.2, 0) is 0 Å². The Morgan fingerprint density at radius 2 is 2.20 bits per heavy atom. The molecule has 0 spiro atoms. The largest absolute Gasteiger partial charge is 0.0990 e. The summed E-state index contributed by atoms with van der Waals surface area (Å²) in [5.74, 6) is 5.89. The highest BCUT2D eigenvalue weighted by Crippen LogP contribution is 1.92. The lowest BCUT2D eigenvalue weighted by Gasteiger charge is -1.82. The van der Waals surface area contributed by atoms with E-state index in [0.29, 0.717) is 0 Å². The molecule has 0 nitrogen and oxygen atoms in total. The van der Waals surface area contributed by atoms with Crippen molar-refractivity contribution in [3.05, 3.63) is 37.0 Å². The second-order valence-corrected chi connectivity index (χ2v) is 1.72. The lowest BCUT2D eigenvalue weighted by Crippen LogP contribution is -1.67. The summed E-state index contributed by atoms with van der Waals surface area (Å²) in [6.07, 6.45) is 6.16. The highest BCUT2D eigenvalue weighted by molar-refractivity contribution is 5.38. The Bertz CT molecular complexity index is 196. The predicted molar refractivity (Wildman–Crippen MR) is 46.5 cm³/mol. The molecule has 0 rings (SSSR count). The third-order valence-corrected chi connectivity index (χ3v) is 0.927. The minimum absolute atomic E-state index is 0.877. The Kier molecular flexibility index (Phi) is 5.19. The van der Waals surface area contributed by atoms with Crippen LogP contribution < -0.4 is 0 Å². The van der Waals surface area contributed by atoms with Crippen LogP contribution in [0.5, 0.6) is 0 Å². The molecule has 0 aromatic carbocycles. The summed E-state index contributed by atoms with van der Waals surface area (Å²) in [5.41, 5.74) is 0.928. The molecule has 0 saturated carbocycles. The molecule has 10 heavy (non-hydrogen) atoms. The summed E-state index contributed by atoms with van der Waals surface area (Å²) in [4.78, 5) is 0. The van der Waals surface area contributed by atoms with Gasteiger partial charge < -0.3 is 0 Å². The summed E-state index contributed by atoms with van der Waals surface area (Å²) in [6.45, 7) is 9.19. The van der Waals surface area contributed by atoms with Crippen molar-refractivity contribution in [1.29, 1.82) is 0 Å². The lowest BCUT2D eigenvalue weighted by atomic mass is 10.2. The molecule has 0 aliphatic rings. The Labute approximate surface area is 63.0 Å². The Morgan fingerprint density at radius 3 is 2.60 bits per heavy atom. The maximum atomic E-state index is 3.61. The van der Waals surface area contributed by atoms with Gasteiger partial charge in [0.05, 0.1) is 0 Å². The van der Waals surface area contributed by atoms with Crippen LogP contribution in [0.25, 0.3) is 0 Å². The number of rotatable bonds is 2. The summed E-state index contributed by atoms with van der Waals surface area (Å²) >= 11 is 0. The van der Waals surface area contributed by atoms with Crippen molar-refractivity contribution in [2.75, 3.05) is 0 Å². The fraction of sp³-hybridized carbons (Fsp3) is 0.200. The molecule has 0 saturated heterocycles. The van der Waals surface area contributed by atoms with Crippen LogP contribution in [0, 0.1) is 11.8 Å². The van der Waals surface area contributed by atoms with Crippen molar-refractivity contribution >= 4 is 0 Å². The normalized spacial score (nSPS) is 9.50. The van der Waals surface area contributed by atoms with Crippen LogP contribution in [0.2, 0.25) is 0 Å². The lowest BCUT2D eigenvalue weighted by molar-refractivity contribution is 1.28. The first kappa shape index (κ1) is 8.78. The third-order valence-electron chi connectivity index (χ3n) is 0.927. The summed E-state index contributed by atoms with van der Waals surface area (Å²) in [7, 11) is 0. The van der Waals surface area contributed by atoms with Gasteiger partial charge in [0.1, 0.15) is 0 Å². The highest BCUT2D eigenvalue weighted by Gasteiger charge is 1.77. The van der Waals surface area contributed by atoms with Gasteiger partial charge in [0, 0.05) is 12.0 Å². The quantitative estimate of drug-likeness (QED) is 0.400. The summed E-state index contributed by atoms with van der Waals surface area (Å²) in [6, 6.07) is 0. The second-order valence-electron chi connectivity index (χ2n) is 1.72. The van der Waals surface area contributed by atoms with Crippen LogP contribution in [0.1, 0.15) is 13.3 Å². The van der Waals surface area contributed by atoms with Gasteiger partial charge in [-0.1, -0.05) is 44.1 Å². The van der Waals surface area contributed by atoms with Crippen molar-refractivity contribution in [1.82, 2.24) is 0 Å². The van der Waals surface area contributed by atoms with E-state index in [9.17, 15) is 0 Å². The number of hydrogen-bond acceptors (Lipinski definition) is 0. The first-order valence-electron chi connectivity index (χ1n) is 3.29. The fourth-order valence-electron chi connectivity index (χ4n) is 0.478. The molecule has 0 amide bonds. The predicted octanol–water partition coefficient (Wildman–Crippen LogP) is 2.70. The first-order chi connectivity index (χ1) is 4.85. The molecular weight excluding hydrogens is 120 g/mol. The third kappa shape index (κ3) is 3.74. The molecule has 52 valence electrons. The van der Waals surface area contributed by atoms with Crippen molar-refractivity contribution in [3.63, 3.8) is 0 Å². The van der Waals surface area contributed by atoms with Gasteiger partial charge in [0.25, 0.3) is 0 Å². The topological polar surface area (TPSA) is 0 Å². The van der Waals surface area contributed by atoms with Gasteiger partial charge in [-0.25, -0.2) is 0 Å². The summed E-state index contributed by atoms with van der Waals surface area (Å²) in [5, 5.41) is 0. The van der Waals surface area contributed by atoms with E-state index >= 15 is 0 Å². The zero-order valence-electron chi connectivity index (χ0n) is 6.35. The van der Waals surface area contributed by atoms with Crippen molar-refractivity contribution in [3.8, 4) is 11.8 Å². The van der Waals surface area contributed by atoms with Crippen LogP contribution in [0.15, 0.2) is 37.0 Å². The van der Waals surface area contributed by atoms with Crippen molar-refractivity contribution in [2.45, 2.75) is 13.3 Å². The van der Waals surface area contributed by atoms with Crippen molar-refractivity contribution < 1.29 is 0 Å². The van der Waals surface area contributed by atoms with Gasteiger partial charge in [0.15, 0.2) is 0 Å². The maximum Gasteiger partial charge on any atom is 0.0239 e. The second kappa shape index (κ2) is 5.91. The molecule has 0 heterocycles. The minimum Gasteiger partial charge on any atom is -0.0990 e. The zero-order chi connectivity index (χ0) is 7.82. The monoisotopic (exact) mass is 132 g/mol. The van der Waals surface area contributed by atoms with Crippen molar-refractivity contribution in [2.24, 2.45) is 0 Å². The average molecular weight is 132 g/mol. The minimum atomic E-state index is 0.877. The standard InChI is InChI=1S/C10H12/c1-4-7-9-10(6-3)8-5-2/h5-6,8H,2-4H2,1H3/b10-8-. The molecule has 0 aliphatic heterocycles. The van der Waals surface area contributed by atoms with Crippen LogP contribution in [-0.4, -0.2) is 0 Å². The van der Waals surface area contributed by atoms with Gasteiger partial charge in [-0.2, -0.15) is 0 Å². The molecule has 0 atom stereocenters. The van der Waals surface area contributed by atoms with Gasteiger partial charge in [-0.05, 0) is 6.08 Å². The van der Waals surface area contributed by atoms with Gasteiger partial charge in [-0.15, -0.1) is 0 Å². The molecule has 0 fully saturated rings. The molecular formula is C10H12. The van der Waals surface area contributed by atoms with E-state index in [0.717, 1.165) is 12.0 Å². The molecule has 0 bridgehead atoms. The molecule has 0 aromatic heterocycles. The van der Waals surface area contributed by atoms with Crippen LogP contribution >= 0.6 is 0 Å². The summed E-state index contributed by atoms with van der Waals surface area (Å²) < 4.78 is 0. The first-order valence-corrected chi connectivity index (χ1v) is 3.29. The van der Waals surface area contributed by atoms with E-state index in [4.69, 9.17) is 0 Å².